The Morgan fingerprint density at radius 1 is 1.03 bits per heavy atom. The molecule has 2 amide bonds. The van der Waals surface area contributed by atoms with Gasteiger partial charge in [0.25, 0.3) is 0 Å². The molecule has 0 radical (unpaired) electrons. The number of halogens is 2. The van der Waals surface area contributed by atoms with Crippen molar-refractivity contribution in [1.29, 1.82) is 0 Å². The summed E-state index contributed by atoms with van der Waals surface area (Å²) >= 11 is 7.12. The summed E-state index contributed by atoms with van der Waals surface area (Å²) < 4.78 is 13.3. The number of hydrogen-bond donors (Lipinski definition) is 1. The molecule has 0 aliphatic carbocycles. The minimum absolute atomic E-state index is 0.000145. The summed E-state index contributed by atoms with van der Waals surface area (Å²) in [7, 11) is 0. The number of amides is 2. The smallest absolute Gasteiger partial charge is 0.242 e. The Morgan fingerprint density at radius 2 is 1.72 bits per heavy atom. The normalized spacial score (nSPS) is 17.1. The Kier molecular flexibility index (Phi) is 6.87. The molecule has 4 rings (SSSR count). The highest BCUT2D eigenvalue weighted by Gasteiger charge is 2.39. The van der Waals surface area contributed by atoms with Crippen LogP contribution in [0.1, 0.15) is 12.0 Å². The first-order valence-corrected chi connectivity index (χ1v) is 11.2. The largest absolute Gasteiger partial charge is 0.326 e. The lowest BCUT2D eigenvalue weighted by Crippen LogP contribution is -2.33. The fraction of sp³-hybridized carbons (Fsp3) is 0.125. The molecule has 1 aliphatic heterocycles. The van der Waals surface area contributed by atoms with Gasteiger partial charge in [0.05, 0.1) is 12.2 Å². The predicted molar refractivity (Wildman–Crippen MR) is 127 cm³/mol. The second-order valence-electron chi connectivity index (χ2n) is 7.15. The first-order valence-electron chi connectivity index (χ1n) is 9.89. The third kappa shape index (κ3) is 5.55. The summed E-state index contributed by atoms with van der Waals surface area (Å²) in [6.07, 6.45) is -0.000145. The molecule has 1 atom stereocenters. The summed E-state index contributed by atoms with van der Waals surface area (Å²) in [6.45, 7) is 0.335. The van der Waals surface area contributed by atoms with Crippen LogP contribution in [-0.2, 0) is 16.1 Å². The Hall–Kier alpha value is -3.16. The van der Waals surface area contributed by atoms with Crippen LogP contribution in [0.15, 0.2) is 83.9 Å². The zero-order valence-electron chi connectivity index (χ0n) is 16.9. The second-order valence-corrected chi connectivity index (χ2v) is 8.75. The van der Waals surface area contributed by atoms with E-state index in [-0.39, 0.29) is 24.1 Å². The predicted octanol–water partition coefficient (Wildman–Crippen LogP) is 5.64. The van der Waals surface area contributed by atoms with Gasteiger partial charge in [0.15, 0.2) is 5.17 Å². The van der Waals surface area contributed by atoms with Crippen LogP contribution < -0.4 is 5.32 Å². The van der Waals surface area contributed by atoms with Crippen molar-refractivity contribution in [3.63, 3.8) is 0 Å². The zero-order chi connectivity index (χ0) is 22.5. The van der Waals surface area contributed by atoms with Crippen LogP contribution in [0.3, 0.4) is 0 Å². The standard InChI is InChI=1S/C24H19ClFN3O2S/c25-17-6-10-19(11-7-17)27-22(30)14-21-23(31)29(15-16-4-2-1-3-5-16)24(32-21)28-20-12-8-18(26)9-13-20/h1-13,21H,14-15H2,(H,27,30). The van der Waals surface area contributed by atoms with E-state index in [1.807, 2.05) is 30.3 Å². The van der Waals surface area contributed by atoms with Gasteiger partial charge in [-0.1, -0.05) is 53.7 Å². The zero-order valence-corrected chi connectivity index (χ0v) is 18.4. The Morgan fingerprint density at radius 3 is 2.41 bits per heavy atom. The van der Waals surface area contributed by atoms with Crippen LogP contribution in [0.5, 0.6) is 0 Å². The Bertz CT molecular complexity index is 1140. The van der Waals surface area contributed by atoms with Crippen LogP contribution in [-0.4, -0.2) is 27.1 Å². The number of rotatable bonds is 6. The minimum atomic E-state index is -0.606. The summed E-state index contributed by atoms with van der Waals surface area (Å²) in [6, 6.07) is 22.1. The fourth-order valence-electron chi connectivity index (χ4n) is 3.18. The number of carbonyl (C=O) groups is 2. The lowest BCUT2D eigenvalue weighted by atomic mass is 10.2. The molecule has 0 spiro atoms. The van der Waals surface area contributed by atoms with Crippen LogP contribution >= 0.6 is 23.4 Å². The van der Waals surface area contributed by atoms with Crippen molar-refractivity contribution < 1.29 is 14.0 Å². The number of carbonyl (C=O) groups excluding carboxylic acids is 2. The molecule has 1 fully saturated rings. The van der Waals surface area contributed by atoms with Gasteiger partial charge in [-0.3, -0.25) is 14.5 Å². The van der Waals surface area contributed by atoms with Gasteiger partial charge in [-0.25, -0.2) is 9.38 Å². The summed E-state index contributed by atoms with van der Waals surface area (Å²) in [5.74, 6) is -0.825. The molecule has 0 saturated carbocycles. The molecule has 1 N–H and O–H groups in total. The number of thioether (sulfide) groups is 1. The molecule has 32 heavy (non-hydrogen) atoms. The van der Waals surface area contributed by atoms with E-state index in [9.17, 15) is 14.0 Å². The van der Waals surface area contributed by atoms with Gasteiger partial charge >= 0.3 is 0 Å². The topological polar surface area (TPSA) is 61.8 Å². The third-order valence-electron chi connectivity index (χ3n) is 4.75. The monoisotopic (exact) mass is 467 g/mol. The van der Waals surface area contributed by atoms with Gasteiger partial charge in [0, 0.05) is 17.1 Å². The average Bonchev–Trinajstić information content (AvgIpc) is 3.06. The molecular formula is C24H19ClFN3O2S. The molecule has 162 valence electrons. The highest BCUT2D eigenvalue weighted by Crippen LogP contribution is 2.33. The number of nitrogens with zero attached hydrogens (tertiary/aromatic N) is 2. The Labute approximate surface area is 194 Å². The number of hydrogen-bond acceptors (Lipinski definition) is 4. The molecule has 5 nitrogen and oxygen atoms in total. The van der Waals surface area contributed by atoms with Crippen molar-refractivity contribution in [3.05, 3.63) is 95.3 Å². The maximum Gasteiger partial charge on any atom is 0.242 e. The number of anilines is 1. The quantitative estimate of drug-likeness (QED) is 0.510. The molecule has 1 aliphatic rings. The van der Waals surface area contributed by atoms with E-state index >= 15 is 0 Å². The van der Waals surface area contributed by atoms with Crippen molar-refractivity contribution >= 4 is 51.7 Å². The fourth-order valence-corrected chi connectivity index (χ4v) is 4.46. The molecule has 1 unspecified atom stereocenters. The number of benzene rings is 3. The van der Waals surface area contributed by atoms with Crippen LogP contribution in [0.25, 0.3) is 0 Å². The lowest BCUT2D eigenvalue weighted by Gasteiger charge is -2.16. The van der Waals surface area contributed by atoms with Crippen molar-refractivity contribution in [2.24, 2.45) is 4.99 Å². The van der Waals surface area contributed by atoms with E-state index in [1.54, 1.807) is 41.3 Å². The number of amidine groups is 1. The molecule has 8 heteroatoms. The maximum atomic E-state index is 13.3. The molecule has 3 aromatic carbocycles. The van der Waals surface area contributed by atoms with Gasteiger partial charge in [-0.05, 0) is 54.1 Å². The first kappa shape index (κ1) is 22.0. The first-order chi connectivity index (χ1) is 15.5. The van der Waals surface area contributed by atoms with Gasteiger partial charge < -0.3 is 5.32 Å². The van der Waals surface area contributed by atoms with Crippen molar-refractivity contribution in [2.75, 3.05) is 5.32 Å². The molecule has 1 saturated heterocycles. The molecule has 0 aromatic heterocycles. The second kappa shape index (κ2) is 9.97. The van der Waals surface area contributed by atoms with E-state index < -0.39 is 5.25 Å². The molecule has 3 aromatic rings. The van der Waals surface area contributed by atoms with Gasteiger partial charge in [0.2, 0.25) is 11.8 Å². The lowest BCUT2D eigenvalue weighted by molar-refractivity contribution is -0.128. The van der Waals surface area contributed by atoms with Gasteiger partial charge in [-0.15, -0.1) is 0 Å². The third-order valence-corrected chi connectivity index (χ3v) is 6.18. The van der Waals surface area contributed by atoms with E-state index in [0.29, 0.717) is 28.1 Å². The van der Waals surface area contributed by atoms with Crippen molar-refractivity contribution in [2.45, 2.75) is 18.2 Å². The Balaban J connectivity index is 1.53. The minimum Gasteiger partial charge on any atom is -0.326 e. The van der Waals surface area contributed by atoms with E-state index in [4.69, 9.17) is 11.6 Å². The van der Waals surface area contributed by atoms with Crippen LogP contribution in [0.2, 0.25) is 5.02 Å². The summed E-state index contributed by atoms with van der Waals surface area (Å²) in [5.41, 5.74) is 2.08. The number of nitrogens with one attached hydrogen (secondary N) is 1. The molecule has 0 bridgehead atoms. The van der Waals surface area contributed by atoms with E-state index in [1.165, 1.54) is 23.9 Å². The SMILES string of the molecule is O=C(CC1SC(=Nc2ccc(F)cc2)N(Cc2ccccc2)C1=O)Nc1ccc(Cl)cc1. The highest BCUT2D eigenvalue weighted by atomic mass is 35.5. The van der Waals surface area contributed by atoms with Crippen LogP contribution in [0, 0.1) is 5.82 Å². The molecular weight excluding hydrogens is 449 g/mol. The summed E-state index contributed by atoms with van der Waals surface area (Å²) in [4.78, 5) is 31.8. The van der Waals surface area contributed by atoms with E-state index in [0.717, 1.165) is 5.56 Å². The van der Waals surface area contributed by atoms with Gasteiger partial charge in [-0.2, -0.15) is 0 Å². The van der Waals surface area contributed by atoms with Crippen LogP contribution in [0.4, 0.5) is 15.8 Å². The van der Waals surface area contributed by atoms with E-state index in [2.05, 4.69) is 10.3 Å². The highest BCUT2D eigenvalue weighted by molar-refractivity contribution is 8.15. The molecule has 1 heterocycles. The maximum absolute atomic E-state index is 13.3. The summed E-state index contributed by atoms with van der Waals surface area (Å²) in [5, 5.41) is 3.24. The average molecular weight is 468 g/mol. The van der Waals surface area contributed by atoms with Crippen molar-refractivity contribution in [1.82, 2.24) is 4.90 Å². The number of aliphatic imine (C=N–C) groups is 1. The van der Waals surface area contributed by atoms with Crippen molar-refractivity contribution in [3.8, 4) is 0 Å². The van der Waals surface area contributed by atoms with Gasteiger partial charge in [0.1, 0.15) is 11.1 Å².